The van der Waals surface area contributed by atoms with Gasteiger partial charge in [-0.3, -0.25) is 19.3 Å². The highest BCUT2D eigenvalue weighted by atomic mass is 79.9. The van der Waals surface area contributed by atoms with Crippen LogP contribution in [0.3, 0.4) is 0 Å². The first-order chi connectivity index (χ1) is 12.5. The summed E-state index contributed by atoms with van der Waals surface area (Å²) in [6, 6.07) is 6.96. The van der Waals surface area contributed by atoms with Crippen LogP contribution in [0.25, 0.3) is 0 Å². The maximum Gasteiger partial charge on any atom is 0.312 e. The molecular weight excluding hydrogens is 398 g/mol. The van der Waals surface area contributed by atoms with E-state index in [1.54, 1.807) is 24.3 Å². The van der Waals surface area contributed by atoms with Crippen molar-refractivity contribution in [2.45, 2.75) is 12.8 Å². The molecule has 5 nitrogen and oxygen atoms in total. The summed E-state index contributed by atoms with van der Waals surface area (Å²) < 4.78 is 6.17. The fraction of sp³-hybridized carbons (Fsp3) is 0.450. The third-order valence-corrected chi connectivity index (χ3v) is 6.87. The highest BCUT2D eigenvalue weighted by Gasteiger charge is 2.66. The number of halogens is 1. The molecule has 2 saturated carbocycles. The Balaban J connectivity index is 1.24. The molecular formula is C20H18BrNO4. The summed E-state index contributed by atoms with van der Waals surface area (Å²) in [6.07, 6.45) is 5.46. The number of hydrogen-bond donors (Lipinski definition) is 0. The van der Waals surface area contributed by atoms with Gasteiger partial charge in [0, 0.05) is 11.0 Å². The number of carbonyl (C=O) groups excluding carboxylic acids is 3. The van der Waals surface area contributed by atoms with Crippen LogP contribution in [0.2, 0.25) is 0 Å². The van der Waals surface area contributed by atoms with Crippen LogP contribution in [-0.4, -0.2) is 29.2 Å². The Hall–Kier alpha value is -1.95. The van der Waals surface area contributed by atoms with E-state index in [2.05, 4.69) is 28.1 Å². The van der Waals surface area contributed by atoms with Gasteiger partial charge in [-0.2, -0.15) is 0 Å². The molecule has 2 bridgehead atoms. The Labute approximate surface area is 159 Å². The molecule has 5 aliphatic rings. The van der Waals surface area contributed by atoms with Gasteiger partial charge in [0.1, 0.15) is 5.75 Å². The molecule has 134 valence electrons. The summed E-state index contributed by atoms with van der Waals surface area (Å²) in [5.41, 5.74) is 0. The summed E-state index contributed by atoms with van der Waals surface area (Å²) in [5, 5.41) is 0. The van der Waals surface area contributed by atoms with E-state index in [-0.39, 0.29) is 48.5 Å². The van der Waals surface area contributed by atoms with Gasteiger partial charge in [-0.15, -0.1) is 0 Å². The molecule has 0 unspecified atom stereocenters. The number of benzene rings is 1. The zero-order valence-electron chi connectivity index (χ0n) is 14.0. The van der Waals surface area contributed by atoms with Crippen LogP contribution in [-0.2, 0) is 14.4 Å². The second kappa shape index (κ2) is 5.78. The standard InChI is InChI=1S/C20H18BrNO4/c21-10-1-3-11(4-2-10)26-16(23)7-8-22-19(24)17-12-5-6-13(15-9-14(12)15)18(17)20(22)25/h1-6,12-15,17-18H,7-9H2/t12-,13-,14-,15+,17-,18+/m0/s1. The molecule has 0 N–H and O–H groups in total. The number of ether oxygens (including phenoxy) is 1. The monoisotopic (exact) mass is 415 g/mol. The van der Waals surface area contributed by atoms with E-state index >= 15 is 0 Å². The lowest BCUT2D eigenvalue weighted by Gasteiger charge is -2.37. The Morgan fingerprint density at radius 1 is 1.04 bits per heavy atom. The average molecular weight is 416 g/mol. The fourth-order valence-corrected chi connectivity index (χ4v) is 5.39. The largest absolute Gasteiger partial charge is 0.426 e. The second-order valence-corrected chi connectivity index (χ2v) is 8.58. The summed E-state index contributed by atoms with van der Waals surface area (Å²) in [6.45, 7) is 0.106. The van der Waals surface area contributed by atoms with E-state index in [1.165, 1.54) is 4.90 Å². The van der Waals surface area contributed by atoms with Gasteiger partial charge in [-0.1, -0.05) is 28.1 Å². The molecule has 1 aromatic rings. The van der Waals surface area contributed by atoms with E-state index in [9.17, 15) is 14.4 Å². The van der Waals surface area contributed by atoms with Gasteiger partial charge in [-0.25, -0.2) is 0 Å². The first kappa shape index (κ1) is 16.2. The molecule has 1 aromatic carbocycles. The SMILES string of the molecule is O=C(CCN1C(=O)[C@@H]2[C@H]3C=C[C@@H]([C@@H]4C[C@H]34)[C@@H]2C1=O)Oc1ccc(Br)cc1. The van der Waals surface area contributed by atoms with E-state index in [1.807, 2.05) is 0 Å². The van der Waals surface area contributed by atoms with Crippen LogP contribution in [0.4, 0.5) is 0 Å². The number of likely N-dealkylation sites (tertiary alicyclic amines) is 1. The molecule has 0 radical (unpaired) electrons. The fourth-order valence-electron chi connectivity index (χ4n) is 5.13. The molecule has 3 fully saturated rings. The van der Waals surface area contributed by atoms with Gasteiger partial charge in [0.15, 0.2) is 0 Å². The van der Waals surface area contributed by atoms with E-state index in [0.29, 0.717) is 17.6 Å². The zero-order valence-corrected chi connectivity index (χ0v) is 15.6. The first-order valence-corrected chi connectivity index (χ1v) is 9.83. The summed E-state index contributed by atoms with van der Waals surface area (Å²) >= 11 is 3.32. The minimum atomic E-state index is -0.438. The van der Waals surface area contributed by atoms with Crippen molar-refractivity contribution in [3.63, 3.8) is 0 Å². The molecule has 6 atom stereocenters. The topological polar surface area (TPSA) is 63.7 Å². The van der Waals surface area contributed by atoms with Crippen molar-refractivity contribution in [3.05, 3.63) is 40.9 Å². The zero-order chi connectivity index (χ0) is 18.0. The van der Waals surface area contributed by atoms with Crippen LogP contribution in [0.1, 0.15) is 12.8 Å². The minimum absolute atomic E-state index is 0.0165. The van der Waals surface area contributed by atoms with Crippen LogP contribution < -0.4 is 4.74 Å². The summed E-state index contributed by atoms with van der Waals surface area (Å²) in [5.74, 6) is 1.02. The van der Waals surface area contributed by atoms with Gasteiger partial charge < -0.3 is 4.74 Å². The van der Waals surface area contributed by atoms with Crippen LogP contribution in [0.5, 0.6) is 5.75 Å². The highest BCUT2D eigenvalue weighted by molar-refractivity contribution is 9.10. The number of carbonyl (C=O) groups is 3. The Kier molecular flexibility index (Phi) is 3.61. The lowest BCUT2D eigenvalue weighted by atomic mass is 9.63. The van der Waals surface area contributed by atoms with Gasteiger partial charge in [0.05, 0.1) is 18.3 Å². The Morgan fingerprint density at radius 3 is 2.19 bits per heavy atom. The molecule has 1 aliphatic heterocycles. The van der Waals surface area contributed by atoms with Crippen LogP contribution in [0.15, 0.2) is 40.9 Å². The van der Waals surface area contributed by atoms with E-state index in [4.69, 9.17) is 4.74 Å². The third kappa shape index (κ3) is 2.38. The third-order valence-electron chi connectivity index (χ3n) is 6.34. The first-order valence-electron chi connectivity index (χ1n) is 9.04. The van der Waals surface area contributed by atoms with Crippen molar-refractivity contribution in [1.82, 2.24) is 4.90 Å². The lowest BCUT2D eigenvalue weighted by molar-refractivity contribution is -0.141. The van der Waals surface area contributed by atoms with Crippen molar-refractivity contribution >= 4 is 33.7 Å². The quantitative estimate of drug-likeness (QED) is 0.328. The van der Waals surface area contributed by atoms with Gasteiger partial charge in [0.25, 0.3) is 0 Å². The number of rotatable bonds is 4. The van der Waals surface area contributed by atoms with Crippen molar-refractivity contribution in [3.8, 4) is 5.75 Å². The predicted octanol–water partition coefficient (Wildman–Crippen LogP) is 2.80. The number of imide groups is 1. The van der Waals surface area contributed by atoms with Crippen molar-refractivity contribution < 1.29 is 19.1 Å². The Bertz CT molecular complexity index is 797. The van der Waals surface area contributed by atoms with Gasteiger partial charge in [-0.05, 0) is 54.4 Å². The predicted molar refractivity (Wildman–Crippen MR) is 95.8 cm³/mol. The molecule has 6 rings (SSSR count). The lowest BCUT2D eigenvalue weighted by Crippen LogP contribution is -2.40. The Morgan fingerprint density at radius 2 is 1.62 bits per heavy atom. The molecule has 1 saturated heterocycles. The van der Waals surface area contributed by atoms with Gasteiger partial charge >= 0.3 is 5.97 Å². The van der Waals surface area contributed by atoms with Gasteiger partial charge in [0.2, 0.25) is 11.8 Å². The maximum absolute atomic E-state index is 12.8. The number of nitrogens with zero attached hydrogens (tertiary/aromatic N) is 1. The maximum atomic E-state index is 12.8. The van der Waals surface area contributed by atoms with Crippen LogP contribution >= 0.6 is 15.9 Å². The molecule has 26 heavy (non-hydrogen) atoms. The normalized spacial score (nSPS) is 36.1. The molecule has 2 amide bonds. The number of allylic oxidation sites excluding steroid dienone is 2. The molecule has 6 heteroatoms. The van der Waals surface area contributed by atoms with E-state index in [0.717, 1.165) is 10.9 Å². The molecule has 0 aromatic heterocycles. The summed E-state index contributed by atoms with van der Waals surface area (Å²) in [7, 11) is 0. The minimum Gasteiger partial charge on any atom is -0.426 e. The van der Waals surface area contributed by atoms with Crippen LogP contribution in [0, 0.1) is 35.5 Å². The number of esters is 1. The summed E-state index contributed by atoms with van der Waals surface area (Å²) in [4.78, 5) is 39.0. The van der Waals surface area contributed by atoms with Crippen molar-refractivity contribution in [2.24, 2.45) is 35.5 Å². The molecule has 0 spiro atoms. The molecule has 1 heterocycles. The van der Waals surface area contributed by atoms with Crippen molar-refractivity contribution in [2.75, 3.05) is 6.54 Å². The number of amides is 2. The van der Waals surface area contributed by atoms with Crippen molar-refractivity contribution in [1.29, 1.82) is 0 Å². The average Bonchev–Trinajstić information content (AvgIpc) is 3.41. The van der Waals surface area contributed by atoms with E-state index < -0.39 is 5.97 Å². The second-order valence-electron chi connectivity index (χ2n) is 7.66. The highest BCUT2D eigenvalue weighted by Crippen LogP contribution is 2.65. The smallest absolute Gasteiger partial charge is 0.312 e. The molecule has 4 aliphatic carbocycles. The number of hydrogen-bond acceptors (Lipinski definition) is 4.